The van der Waals surface area contributed by atoms with Crippen LogP contribution in [0.5, 0.6) is 0 Å². The monoisotopic (exact) mass is 281 g/mol. The third-order valence-electron chi connectivity index (χ3n) is 4.98. The zero-order valence-electron chi connectivity index (χ0n) is 13.6. The van der Waals surface area contributed by atoms with Gasteiger partial charge in [0, 0.05) is 13.1 Å². The number of hydrogen-bond acceptors (Lipinski definition) is 3. The highest BCUT2D eigenvalue weighted by molar-refractivity contribution is 5.88. The molecule has 0 bridgehead atoms. The Morgan fingerprint density at radius 3 is 2.45 bits per heavy atom. The van der Waals surface area contributed by atoms with Gasteiger partial charge in [0.15, 0.2) is 0 Å². The summed E-state index contributed by atoms with van der Waals surface area (Å²) in [6.45, 7) is 12.8. The largest absolute Gasteiger partial charge is 0.324 e. The van der Waals surface area contributed by atoms with Gasteiger partial charge in [-0.05, 0) is 45.2 Å². The van der Waals surface area contributed by atoms with Crippen molar-refractivity contribution < 1.29 is 4.79 Å². The lowest BCUT2D eigenvalue weighted by Gasteiger charge is -2.32. The first-order chi connectivity index (χ1) is 9.48. The fourth-order valence-electron chi connectivity index (χ4n) is 3.36. The lowest BCUT2D eigenvalue weighted by molar-refractivity contribution is -0.133. The van der Waals surface area contributed by atoms with Crippen molar-refractivity contribution in [1.82, 2.24) is 15.1 Å². The molecule has 2 unspecified atom stereocenters. The molecule has 20 heavy (non-hydrogen) atoms. The second-order valence-electron chi connectivity index (χ2n) is 6.92. The summed E-state index contributed by atoms with van der Waals surface area (Å²) in [5, 5.41) is 3.56. The van der Waals surface area contributed by atoms with Crippen molar-refractivity contribution in [2.24, 2.45) is 5.92 Å². The summed E-state index contributed by atoms with van der Waals surface area (Å²) in [6, 6.07) is 0. The number of amides is 1. The average molecular weight is 281 g/mol. The summed E-state index contributed by atoms with van der Waals surface area (Å²) in [7, 11) is 0. The Labute approximate surface area is 123 Å². The van der Waals surface area contributed by atoms with Gasteiger partial charge in [-0.3, -0.25) is 10.1 Å². The standard InChI is InChI=1S/C16H31N3O/c1-5-16(4)15(20)19(14(17-16)13(2)3)12-11-18-9-7-6-8-10-18/h13-14,17H,5-12H2,1-4H3. The van der Waals surface area contributed by atoms with E-state index < -0.39 is 0 Å². The van der Waals surface area contributed by atoms with Crippen LogP contribution in [0.4, 0.5) is 0 Å². The van der Waals surface area contributed by atoms with E-state index in [1.165, 1.54) is 32.4 Å². The maximum atomic E-state index is 12.7. The summed E-state index contributed by atoms with van der Waals surface area (Å²) in [4.78, 5) is 17.3. The van der Waals surface area contributed by atoms with Crippen LogP contribution >= 0.6 is 0 Å². The first kappa shape index (κ1) is 15.8. The molecule has 1 amide bonds. The maximum absolute atomic E-state index is 12.7. The number of carbonyl (C=O) groups excluding carboxylic acids is 1. The Kier molecular flexibility index (Phi) is 5.08. The number of carbonyl (C=O) groups is 1. The molecule has 2 atom stereocenters. The quantitative estimate of drug-likeness (QED) is 0.838. The highest BCUT2D eigenvalue weighted by atomic mass is 16.2. The molecule has 0 aromatic rings. The van der Waals surface area contributed by atoms with Gasteiger partial charge in [0.05, 0.1) is 11.7 Å². The van der Waals surface area contributed by atoms with Crippen LogP contribution in [0.15, 0.2) is 0 Å². The van der Waals surface area contributed by atoms with E-state index in [1.807, 2.05) is 6.92 Å². The Morgan fingerprint density at radius 1 is 1.25 bits per heavy atom. The molecule has 0 aliphatic carbocycles. The van der Waals surface area contributed by atoms with Crippen LogP contribution in [0, 0.1) is 5.92 Å². The fourth-order valence-corrected chi connectivity index (χ4v) is 3.36. The van der Waals surface area contributed by atoms with Gasteiger partial charge >= 0.3 is 0 Å². The highest BCUT2D eigenvalue weighted by Gasteiger charge is 2.47. The summed E-state index contributed by atoms with van der Waals surface area (Å²) in [5.41, 5.74) is -0.364. The maximum Gasteiger partial charge on any atom is 0.243 e. The second-order valence-corrected chi connectivity index (χ2v) is 6.92. The van der Waals surface area contributed by atoms with E-state index in [9.17, 15) is 4.79 Å². The number of nitrogens with one attached hydrogen (secondary N) is 1. The van der Waals surface area contributed by atoms with Gasteiger partial charge in [0.1, 0.15) is 0 Å². The minimum Gasteiger partial charge on any atom is -0.324 e. The normalized spacial score (nSPS) is 32.4. The molecule has 2 fully saturated rings. The SMILES string of the molecule is CCC1(C)NC(C(C)C)N(CCN2CCCCC2)C1=O. The number of nitrogens with zero attached hydrogens (tertiary/aromatic N) is 2. The van der Waals surface area contributed by atoms with E-state index in [4.69, 9.17) is 0 Å². The minimum atomic E-state index is -0.364. The lowest BCUT2D eigenvalue weighted by atomic mass is 9.99. The summed E-state index contributed by atoms with van der Waals surface area (Å²) >= 11 is 0. The average Bonchev–Trinajstić information content (AvgIpc) is 2.71. The molecule has 0 aromatic heterocycles. The molecule has 0 aromatic carbocycles. The zero-order valence-corrected chi connectivity index (χ0v) is 13.6. The smallest absolute Gasteiger partial charge is 0.243 e. The molecule has 2 aliphatic heterocycles. The summed E-state index contributed by atoms with van der Waals surface area (Å²) < 4.78 is 0. The summed E-state index contributed by atoms with van der Waals surface area (Å²) in [6.07, 6.45) is 5.04. The van der Waals surface area contributed by atoms with Crippen molar-refractivity contribution in [2.45, 2.75) is 65.1 Å². The lowest BCUT2D eigenvalue weighted by Crippen LogP contribution is -2.46. The van der Waals surface area contributed by atoms with Crippen molar-refractivity contribution in [3.63, 3.8) is 0 Å². The molecule has 0 spiro atoms. The Morgan fingerprint density at radius 2 is 1.90 bits per heavy atom. The van der Waals surface area contributed by atoms with Crippen LogP contribution in [0.1, 0.15) is 53.4 Å². The second kappa shape index (κ2) is 6.44. The molecule has 4 heteroatoms. The van der Waals surface area contributed by atoms with Crippen LogP contribution in [0.3, 0.4) is 0 Å². The molecular formula is C16H31N3O. The predicted octanol–water partition coefficient (Wildman–Crippen LogP) is 2.05. The van der Waals surface area contributed by atoms with Crippen molar-refractivity contribution in [3.05, 3.63) is 0 Å². The van der Waals surface area contributed by atoms with Gasteiger partial charge in [-0.2, -0.15) is 0 Å². The van der Waals surface area contributed by atoms with E-state index in [-0.39, 0.29) is 17.6 Å². The van der Waals surface area contributed by atoms with Gasteiger partial charge < -0.3 is 9.80 Å². The van der Waals surface area contributed by atoms with Crippen molar-refractivity contribution in [1.29, 1.82) is 0 Å². The van der Waals surface area contributed by atoms with Gasteiger partial charge in [0.25, 0.3) is 0 Å². The highest BCUT2D eigenvalue weighted by Crippen LogP contribution is 2.27. The number of piperidine rings is 1. The molecule has 2 rings (SSSR count). The number of hydrogen-bond donors (Lipinski definition) is 1. The number of rotatable bonds is 5. The van der Waals surface area contributed by atoms with Gasteiger partial charge in [0.2, 0.25) is 5.91 Å². The molecular weight excluding hydrogens is 250 g/mol. The third kappa shape index (κ3) is 3.17. The molecule has 2 saturated heterocycles. The molecule has 0 saturated carbocycles. The molecule has 116 valence electrons. The van der Waals surface area contributed by atoms with E-state index in [0.29, 0.717) is 5.92 Å². The third-order valence-corrected chi connectivity index (χ3v) is 4.98. The van der Waals surface area contributed by atoms with Crippen molar-refractivity contribution in [3.8, 4) is 0 Å². The molecule has 0 radical (unpaired) electrons. The molecule has 1 N–H and O–H groups in total. The van der Waals surface area contributed by atoms with Gasteiger partial charge in [-0.25, -0.2) is 0 Å². The molecule has 2 heterocycles. The topological polar surface area (TPSA) is 35.6 Å². The van der Waals surface area contributed by atoms with Crippen LogP contribution in [0.25, 0.3) is 0 Å². The van der Waals surface area contributed by atoms with E-state index >= 15 is 0 Å². The Hall–Kier alpha value is -0.610. The van der Waals surface area contributed by atoms with Crippen LogP contribution in [-0.4, -0.2) is 53.6 Å². The van der Waals surface area contributed by atoms with Crippen LogP contribution < -0.4 is 5.32 Å². The van der Waals surface area contributed by atoms with Gasteiger partial charge in [-0.15, -0.1) is 0 Å². The Bertz CT molecular complexity index is 339. The zero-order chi connectivity index (χ0) is 14.8. The molecule has 2 aliphatic rings. The fraction of sp³-hybridized carbons (Fsp3) is 0.938. The van der Waals surface area contributed by atoms with E-state index in [2.05, 4.69) is 35.9 Å². The Balaban J connectivity index is 1.97. The van der Waals surface area contributed by atoms with Crippen molar-refractivity contribution in [2.75, 3.05) is 26.2 Å². The van der Waals surface area contributed by atoms with Crippen LogP contribution in [0.2, 0.25) is 0 Å². The molecule has 4 nitrogen and oxygen atoms in total. The van der Waals surface area contributed by atoms with Gasteiger partial charge in [-0.1, -0.05) is 27.2 Å². The van der Waals surface area contributed by atoms with Crippen LogP contribution in [-0.2, 0) is 4.79 Å². The summed E-state index contributed by atoms with van der Waals surface area (Å²) in [5.74, 6) is 0.740. The van der Waals surface area contributed by atoms with E-state index in [1.54, 1.807) is 0 Å². The number of likely N-dealkylation sites (tertiary alicyclic amines) is 1. The first-order valence-corrected chi connectivity index (χ1v) is 8.29. The van der Waals surface area contributed by atoms with E-state index in [0.717, 1.165) is 19.5 Å². The minimum absolute atomic E-state index is 0.192. The predicted molar refractivity (Wildman–Crippen MR) is 82.5 cm³/mol. The van der Waals surface area contributed by atoms with Crippen molar-refractivity contribution >= 4 is 5.91 Å². The first-order valence-electron chi connectivity index (χ1n) is 8.29.